The summed E-state index contributed by atoms with van der Waals surface area (Å²) >= 11 is 4.96. The summed E-state index contributed by atoms with van der Waals surface area (Å²) in [7, 11) is 0. The quantitative estimate of drug-likeness (QED) is 0.903. The van der Waals surface area contributed by atoms with Gasteiger partial charge in [0.15, 0.2) is 0 Å². The van der Waals surface area contributed by atoms with E-state index in [-0.39, 0.29) is 0 Å². The van der Waals surface area contributed by atoms with Gasteiger partial charge >= 0.3 is 0 Å². The lowest BCUT2D eigenvalue weighted by molar-refractivity contribution is 0.143. The summed E-state index contributed by atoms with van der Waals surface area (Å²) in [6.07, 6.45) is 0.127. The minimum atomic E-state index is -0.465. The fraction of sp³-hybridized carbons (Fsp3) is 0.231. The van der Waals surface area contributed by atoms with Gasteiger partial charge in [0, 0.05) is 15.8 Å². The standard InChI is InChI=1S/C13H13BrO2S/c14-11-7-9-17-13(11)12(15)6-8-16-10-4-2-1-3-5-10/h1-5,7,9,12,15H,6,8H2. The van der Waals surface area contributed by atoms with Crippen LogP contribution in [0.5, 0.6) is 5.75 Å². The van der Waals surface area contributed by atoms with Gasteiger partial charge in [0.1, 0.15) is 5.75 Å². The molecule has 0 saturated carbocycles. The van der Waals surface area contributed by atoms with Crippen molar-refractivity contribution in [2.75, 3.05) is 6.61 Å². The van der Waals surface area contributed by atoms with Gasteiger partial charge in [-0.25, -0.2) is 0 Å². The van der Waals surface area contributed by atoms with Crippen LogP contribution in [0.4, 0.5) is 0 Å². The molecule has 1 aromatic heterocycles. The molecule has 90 valence electrons. The third-order valence-electron chi connectivity index (χ3n) is 2.35. The molecule has 2 aromatic rings. The number of aliphatic hydroxyl groups excluding tert-OH is 1. The molecule has 4 heteroatoms. The average molecular weight is 313 g/mol. The third kappa shape index (κ3) is 3.56. The van der Waals surface area contributed by atoms with Crippen LogP contribution in [0.15, 0.2) is 46.3 Å². The molecule has 17 heavy (non-hydrogen) atoms. The number of ether oxygens (including phenoxy) is 1. The summed E-state index contributed by atoms with van der Waals surface area (Å²) in [5.41, 5.74) is 0. The number of para-hydroxylation sites is 1. The number of halogens is 1. The minimum absolute atomic E-state index is 0.465. The van der Waals surface area contributed by atoms with Crippen LogP contribution in [0, 0.1) is 0 Å². The monoisotopic (exact) mass is 312 g/mol. The van der Waals surface area contributed by atoms with E-state index in [0.29, 0.717) is 13.0 Å². The van der Waals surface area contributed by atoms with E-state index in [4.69, 9.17) is 4.74 Å². The smallest absolute Gasteiger partial charge is 0.119 e. The highest BCUT2D eigenvalue weighted by Gasteiger charge is 2.12. The highest BCUT2D eigenvalue weighted by atomic mass is 79.9. The maximum atomic E-state index is 9.97. The maximum Gasteiger partial charge on any atom is 0.119 e. The molecule has 2 nitrogen and oxygen atoms in total. The predicted molar refractivity (Wildman–Crippen MR) is 73.5 cm³/mol. The molecule has 0 bridgehead atoms. The summed E-state index contributed by atoms with van der Waals surface area (Å²) in [5.74, 6) is 0.838. The van der Waals surface area contributed by atoms with E-state index in [9.17, 15) is 5.11 Å². The number of rotatable bonds is 5. The summed E-state index contributed by atoms with van der Waals surface area (Å²) in [6, 6.07) is 11.6. The highest BCUT2D eigenvalue weighted by molar-refractivity contribution is 9.10. The highest BCUT2D eigenvalue weighted by Crippen LogP contribution is 2.30. The van der Waals surface area contributed by atoms with E-state index >= 15 is 0 Å². The summed E-state index contributed by atoms with van der Waals surface area (Å²) in [4.78, 5) is 0.960. The van der Waals surface area contributed by atoms with E-state index < -0.39 is 6.10 Å². The molecular formula is C13H13BrO2S. The Morgan fingerprint density at radius 2 is 2.00 bits per heavy atom. The van der Waals surface area contributed by atoms with Crippen LogP contribution in [0.25, 0.3) is 0 Å². The Morgan fingerprint density at radius 3 is 2.65 bits per heavy atom. The van der Waals surface area contributed by atoms with Gasteiger partial charge in [-0.1, -0.05) is 18.2 Å². The van der Waals surface area contributed by atoms with E-state index in [1.165, 1.54) is 0 Å². The first kappa shape index (κ1) is 12.6. The second-order valence-corrected chi connectivity index (χ2v) is 5.40. The van der Waals surface area contributed by atoms with E-state index in [0.717, 1.165) is 15.1 Å². The summed E-state index contributed by atoms with van der Waals surface area (Å²) in [5, 5.41) is 11.9. The number of thiophene rings is 1. The SMILES string of the molecule is OC(CCOc1ccccc1)c1sccc1Br. The van der Waals surface area contributed by atoms with Crippen LogP contribution in [-0.2, 0) is 0 Å². The van der Waals surface area contributed by atoms with Gasteiger partial charge in [0.2, 0.25) is 0 Å². The van der Waals surface area contributed by atoms with Gasteiger partial charge in [-0.3, -0.25) is 0 Å². The van der Waals surface area contributed by atoms with Crippen molar-refractivity contribution < 1.29 is 9.84 Å². The Bertz CT molecular complexity index is 455. The van der Waals surface area contributed by atoms with Crippen molar-refractivity contribution >= 4 is 27.3 Å². The van der Waals surface area contributed by atoms with Crippen molar-refractivity contribution in [1.82, 2.24) is 0 Å². The van der Waals surface area contributed by atoms with Crippen LogP contribution in [-0.4, -0.2) is 11.7 Å². The normalized spacial score (nSPS) is 12.4. The predicted octanol–water partition coefficient (Wildman–Crippen LogP) is 4.01. The molecule has 1 atom stereocenters. The topological polar surface area (TPSA) is 29.5 Å². The summed E-state index contributed by atoms with van der Waals surface area (Å²) < 4.78 is 6.51. The van der Waals surface area contributed by atoms with Crippen LogP contribution in [0.2, 0.25) is 0 Å². The van der Waals surface area contributed by atoms with Gasteiger partial charge in [0.05, 0.1) is 12.7 Å². The lowest BCUT2D eigenvalue weighted by atomic mass is 10.2. The first-order valence-electron chi connectivity index (χ1n) is 5.36. The number of aliphatic hydroxyl groups is 1. The molecular weight excluding hydrogens is 300 g/mol. The molecule has 0 spiro atoms. The Balaban J connectivity index is 1.81. The zero-order valence-electron chi connectivity index (χ0n) is 9.17. The van der Waals surface area contributed by atoms with Gasteiger partial charge in [0.25, 0.3) is 0 Å². The van der Waals surface area contributed by atoms with Crippen molar-refractivity contribution in [3.05, 3.63) is 51.1 Å². The van der Waals surface area contributed by atoms with E-state index in [2.05, 4.69) is 15.9 Å². The van der Waals surface area contributed by atoms with Gasteiger partial charge in [-0.2, -0.15) is 0 Å². The zero-order chi connectivity index (χ0) is 12.1. The fourth-order valence-electron chi connectivity index (χ4n) is 1.48. The second-order valence-electron chi connectivity index (χ2n) is 3.60. The van der Waals surface area contributed by atoms with Crippen LogP contribution < -0.4 is 4.74 Å². The minimum Gasteiger partial charge on any atom is -0.493 e. The van der Waals surface area contributed by atoms with Crippen molar-refractivity contribution in [3.8, 4) is 5.75 Å². The Kier molecular flexibility index (Phi) is 4.59. The van der Waals surface area contributed by atoms with Crippen molar-refractivity contribution in [1.29, 1.82) is 0 Å². The number of hydrogen-bond acceptors (Lipinski definition) is 3. The van der Waals surface area contributed by atoms with Gasteiger partial charge < -0.3 is 9.84 Å². The molecule has 0 radical (unpaired) electrons. The Morgan fingerprint density at radius 1 is 1.24 bits per heavy atom. The van der Waals surface area contributed by atoms with Crippen LogP contribution >= 0.6 is 27.3 Å². The molecule has 1 heterocycles. The fourth-order valence-corrected chi connectivity index (χ4v) is 3.14. The lowest BCUT2D eigenvalue weighted by Crippen LogP contribution is -2.04. The number of benzene rings is 1. The van der Waals surface area contributed by atoms with E-state index in [1.54, 1.807) is 11.3 Å². The first-order valence-corrected chi connectivity index (χ1v) is 7.03. The molecule has 0 aliphatic carbocycles. The molecule has 1 N–H and O–H groups in total. The van der Waals surface area contributed by atoms with Crippen molar-refractivity contribution in [2.45, 2.75) is 12.5 Å². The molecule has 1 unspecified atom stereocenters. The molecule has 0 aliphatic heterocycles. The van der Waals surface area contributed by atoms with E-state index in [1.807, 2.05) is 41.8 Å². The molecule has 0 saturated heterocycles. The average Bonchev–Trinajstić information content (AvgIpc) is 2.77. The summed E-state index contributed by atoms with van der Waals surface area (Å²) in [6.45, 7) is 0.509. The molecule has 0 aliphatic rings. The maximum absolute atomic E-state index is 9.97. The third-order valence-corrected chi connectivity index (χ3v) is 4.32. The molecule has 0 amide bonds. The zero-order valence-corrected chi connectivity index (χ0v) is 11.6. The Hall–Kier alpha value is -0.840. The molecule has 1 aromatic carbocycles. The van der Waals surface area contributed by atoms with Crippen molar-refractivity contribution in [3.63, 3.8) is 0 Å². The van der Waals surface area contributed by atoms with Crippen molar-refractivity contribution in [2.24, 2.45) is 0 Å². The van der Waals surface area contributed by atoms with Gasteiger partial charge in [-0.15, -0.1) is 11.3 Å². The van der Waals surface area contributed by atoms with Crippen LogP contribution in [0.1, 0.15) is 17.4 Å². The Labute approximate surface area is 113 Å². The largest absolute Gasteiger partial charge is 0.493 e. The second kappa shape index (κ2) is 6.19. The lowest BCUT2D eigenvalue weighted by Gasteiger charge is -2.10. The first-order chi connectivity index (χ1) is 8.27. The van der Waals surface area contributed by atoms with Gasteiger partial charge in [-0.05, 0) is 39.5 Å². The molecule has 0 fully saturated rings. The number of hydrogen-bond donors (Lipinski definition) is 1. The van der Waals surface area contributed by atoms with Crippen LogP contribution in [0.3, 0.4) is 0 Å². The molecule has 2 rings (SSSR count).